The van der Waals surface area contributed by atoms with Gasteiger partial charge in [0.2, 0.25) is 5.91 Å². The van der Waals surface area contributed by atoms with Gasteiger partial charge >= 0.3 is 5.97 Å². The first kappa shape index (κ1) is 15.2. The minimum absolute atomic E-state index is 0.170. The zero-order chi connectivity index (χ0) is 16.8. The van der Waals surface area contributed by atoms with Crippen molar-refractivity contribution in [2.45, 2.75) is 11.4 Å². The van der Waals surface area contributed by atoms with Crippen LogP contribution in [0.4, 0.5) is 0 Å². The number of ketones is 1. The molecule has 3 atom stereocenters. The second kappa shape index (κ2) is 5.63. The largest absolute Gasteiger partial charge is 0.467 e. The molecule has 2 saturated heterocycles. The molecule has 2 aliphatic rings. The first-order valence-corrected chi connectivity index (χ1v) is 8.72. The van der Waals surface area contributed by atoms with Crippen LogP contribution >= 0.6 is 11.8 Å². The van der Waals surface area contributed by atoms with Crippen LogP contribution in [0.1, 0.15) is 10.4 Å². The fourth-order valence-corrected chi connectivity index (χ4v) is 4.95. The summed E-state index contributed by atoms with van der Waals surface area (Å²) in [6.45, 7) is 0. The third-order valence-corrected chi connectivity index (χ3v) is 6.00. The number of ether oxygens (including phenoxy) is 1. The smallest absolute Gasteiger partial charge is 0.329 e. The SMILES string of the molecule is COC(=O)[C@@H]1CS[C@H]2[C@H](C(=O)c3cccc4ccccc34)C(=O)N12. The minimum atomic E-state index is -0.713. The number of esters is 1. The Morgan fingerprint density at radius 2 is 1.92 bits per heavy atom. The summed E-state index contributed by atoms with van der Waals surface area (Å²) in [6, 6.07) is 12.6. The molecule has 0 radical (unpaired) electrons. The Morgan fingerprint density at radius 1 is 1.17 bits per heavy atom. The molecule has 0 bridgehead atoms. The summed E-state index contributed by atoms with van der Waals surface area (Å²) in [7, 11) is 1.31. The molecule has 4 rings (SSSR count). The lowest BCUT2D eigenvalue weighted by Crippen LogP contribution is -2.63. The Kier molecular flexibility index (Phi) is 3.57. The molecule has 2 heterocycles. The molecule has 2 aromatic carbocycles. The van der Waals surface area contributed by atoms with Crippen molar-refractivity contribution in [3.63, 3.8) is 0 Å². The molecule has 0 aliphatic carbocycles. The maximum Gasteiger partial charge on any atom is 0.329 e. The van der Waals surface area contributed by atoms with Crippen molar-refractivity contribution in [2.75, 3.05) is 12.9 Å². The number of nitrogens with zero attached hydrogens (tertiary/aromatic N) is 1. The van der Waals surface area contributed by atoms with E-state index in [0.29, 0.717) is 11.3 Å². The Hall–Kier alpha value is -2.34. The number of methoxy groups -OCH3 is 1. The monoisotopic (exact) mass is 341 g/mol. The number of Topliss-reactive ketones (excluding diaryl/α,β-unsaturated/α-hetero) is 1. The molecule has 5 nitrogen and oxygen atoms in total. The lowest BCUT2D eigenvalue weighted by atomic mass is 9.86. The molecule has 0 spiro atoms. The molecule has 2 aromatic rings. The van der Waals surface area contributed by atoms with Gasteiger partial charge in [-0.3, -0.25) is 9.59 Å². The minimum Gasteiger partial charge on any atom is -0.467 e. The van der Waals surface area contributed by atoms with Crippen LogP contribution in [0.2, 0.25) is 0 Å². The highest BCUT2D eigenvalue weighted by Gasteiger charge is 2.59. The van der Waals surface area contributed by atoms with Gasteiger partial charge in [-0.15, -0.1) is 11.8 Å². The summed E-state index contributed by atoms with van der Waals surface area (Å²) in [5.41, 5.74) is 0.563. The van der Waals surface area contributed by atoms with E-state index in [1.807, 2.05) is 36.4 Å². The molecule has 1 amide bonds. The van der Waals surface area contributed by atoms with Crippen molar-refractivity contribution in [1.82, 2.24) is 4.90 Å². The number of thioether (sulfide) groups is 1. The van der Waals surface area contributed by atoms with Gasteiger partial charge in [0.05, 0.1) is 12.5 Å². The van der Waals surface area contributed by atoms with Gasteiger partial charge in [0.15, 0.2) is 5.78 Å². The van der Waals surface area contributed by atoms with Crippen LogP contribution in [0, 0.1) is 5.92 Å². The molecule has 24 heavy (non-hydrogen) atoms. The second-order valence-corrected chi connectivity index (χ2v) is 7.03. The Bertz CT molecular complexity index is 860. The van der Waals surface area contributed by atoms with Crippen molar-refractivity contribution in [1.29, 1.82) is 0 Å². The summed E-state index contributed by atoms with van der Waals surface area (Å²) in [4.78, 5) is 38.7. The zero-order valence-electron chi connectivity index (χ0n) is 13.0. The number of benzene rings is 2. The van der Waals surface area contributed by atoms with Crippen LogP contribution in [0.15, 0.2) is 42.5 Å². The highest BCUT2D eigenvalue weighted by molar-refractivity contribution is 8.00. The standard InChI is InChI=1S/C18H15NO4S/c1-23-18(22)13-9-24-17-14(16(21)19(13)17)15(20)12-8-4-6-10-5-2-3-7-11(10)12/h2-8,13-14,17H,9H2,1H3/t13-,14+,17-/m0/s1. The second-order valence-electron chi connectivity index (χ2n) is 5.88. The molecule has 0 aromatic heterocycles. The maximum absolute atomic E-state index is 13.0. The average Bonchev–Trinajstić information content (AvgIpc) is 3.00. The van der Waals surface area contributed by atoms with Crippen molar-refractivity contribution in [2.24, 2.45) is 5.92 Å². The van der Waals surface area contributed by atoms with E-state index in [0.717, 1.165) is 10.8 Å². The van der Waals surface area contributed by atoms with Gasteiger partial charge in [-0.05, 0) is 10.8 Å². The van der Waals surface area contributed by atoms with E-state index in [1.54, 1.807) is 6.07 Å². The van der Waals surface area contributed by atoms with Gasteiger partial charge < -0.3 is 9.64 Å². The Labute approximate surface area is 143 Å². The summed E-state index contributed by atoms with van der Waals surface area (Å²) < 4.78 is 4.74. The number of carbonyl (C=O) groups is 3. The van der Waals surface area contributed by atoms with Crippen LogP contribution in [0.5, 0.6) is 0 Å². The van der Waals surface area contributed by atoms with Crippen LogP contribution in [-0.2, 0) is 14.3 Å². The third-order valence-electron chi connectivity index (χ3n) is 4.65. The third kappa shape index (κ3) is 2.06. The van der Waals surface area contributed by atoms with E-state index in [1.165, 1.54) is 23.8 Å². The summed E-state index contributed by atoms with van der Waals surface area (Å²) in [6.07, 6.45) is 0. The predicted octanol–water partition coefficient (Wildman–Crippen LogP) is 2.10. The van der Waals surface area contributed by atoms with E-state index < -0.39 is 17.9 Å². The van der Waals surface area contributed by atoms with Gasteiger partial charge in [0.25, 0.3) is 0 Å². The molecule has 0 saturated carbocycles. The summed E-state index contributed by atoms with van der Waals surface area (Å²) in [5, 5.41) is 1.55. The van der Waals surface area contributed by atoms with Gasteiger partial charge in [-0.2, -0.15) is 0 Å². The van der Waals surface area contributed by atoms with Crippen molar-refractivity contribution < 1.29 is 19.1 Å². The quantitative estimate of drug-likeness (QED) is 0.370. The fraction of sp³-hybridized carbons (Fsp3) is 0.278. The summed E-state index contributed by atoms with van der Waals surface area (Å²) in [5.74, 6) is -1.11. The molecule has 0 N–H and O–H groups in total. The van der Waals surface area contributed by atoms with E-state index in [4.69, 9.17) is 4.74 Å². The maximum atomic E-state index is 13.0. The van der Waals surface area contributed by atoms with Crippen molar-refractivity contribution in [3.8, 4) is 0 Å². The highest BCUT2D eigenvalue weighted by Crippen LogP contribution is 2.45. The van der Waals surface area contributed by atoms with Gasteiger partial charge in [0, 0.05) is 11.3 Å². The van der Waals surface area contributed by atoms with Crippen LogP contribution in [0.25, 0.3) is 10.8 Å². The number of amides is 1. The highest BCUT2D eigenvalue weighted by atomic mass is 32.2. The average molecular weight is 341 g/mol. The number of carbonyl (C=O) groups excluding carboxylic acids is 3. The summed E-state index contributed by atoms with van der Waals surface area (Å²) >= 11 is 1.47. The van der Waals surface area contributed by atoms with E-state index in [-0.39, 0.29) is 17.1 Å². The molecular weight excluding hydrogens is 326 g/mol. The lowest BCUT2D eigenvalue weighted by molar-refractivity contribution is -0.160. The lowest BCUT2D eigenvalue weighted by Gasteiger charge is -2.42. The number of hydrogen-bond donors (Lipinski definition) is 0. The Balaban J connectivity index is 1.65. The number of hydrogen-bond acceptors (Lipinski definition) is 5. The van der Waals surface area contributed by atoms with E-state index >= 15 is 0 Å². The fourth-order valence-electron chi connectivity index (χ4n) is 3.43. The first-order valence-electron chi connectivity index (χ1n) is 7.67. The van der Waals surface area contributed by atoms with Crippen LogP contribution < -0.4 is 0 Å². The molecule has 6 heteroatoms. The molecule has 122 valence electrons. The van der Waals surface area contributed by atoms with Crippen molar-refractivity contribution in [3.05, 3.63) is 48.0 Å². The molecular formula is C18H15NO4S. The van der Waals surface area contributed by atoms with Crippen LogP contribution in [0.3, 0.4) is 0 Å². The topological polar surface area (TPSA) is 63.7 Å². The van der Waals surface area contributed by atoms with E-state index in [9.17, 15) is 14.4 Å². The van der Waals surface area contributed by atoms with E-state index in [2.05, 4.69) is 0 Å². The van der Waals surface area contributed by atoms with Gasteiger partial charge in [-0.25, -0.2) is 4.79 Å². The van der Waals surface area contributed by atoms with Crippen LogP contribution in [-0.4, -0.2) is 46.8 Å². The Morgan fingerprint density at radius 3 is 2.71 bits per heavy atom. The molecule has 2 fully saturated rings. The first-order chi connectivity index (χ1) is 11.6. The molecule has 0 unspecified atom stereocenters. The molecule has 2 aliphatic heterocycles. The predicted molar refractivity (Wildman–Crippen MR) is 90.7 cm³/mol. The number of β-lactam (4-membered cyclic amide) rings is 1. The number of rotatable bonds is 3. The van der Waals surface area contributed by atoms with Crippen molar-refractivity contribution >= 4 is 40.2 Å². The van der Waals surface area contributed by atoms with Gasteiger partial charge in [0.1, 0.15) is 12.0 Å². The zero-order valence-corrected chi connectivity index (χ0v) is 13.8. The number of fused-ring (bicyclic) bond motifs is 2. The van der Waals surface area contributed by atoms with Gasteiger partial charge in [-0.1, -0.05) is 42.5 Å². The normalized spacial score (nSPS) is 25.3.